The van der Waals surface area contributed by atoms with Gasteiger partial charge in [0.15, 0.2) is 10.2 Å². The van der Waals surface area contributed by atoms with Gasteiger partial charge in [0.1, 0.15) is 57.8 Å². The fourth-order valence-electron chi connectivity index (χ4n) is 13.6. The number of carbonyl (C=O) groups is 6. The molecule has 0 saturated carbocycles. The molecule has 5 aliphatic rings. The predicted molar refractivity (Wildman–Crippen MR) is 395 cm³/mol. The second kappa shape index (κ2) is 32.3. The van der Waals surface area contributed by atoms with E-state index in [1.54, 1.807) is 47.5 Å². The fraction of sp³-hybridized carbons (Fsp3) is 0.342. The van der Waals surface area contributed by atoms with Gasteiger partial charge in [-0.2, -0.15) is 5.26 Å². The van der Waals surface area contributed by atoms with Crippen molar-refractivity contribution in [2.24, 2.45) is 0 Å². The first-order chi connectivity index (χ1) is 48.6. The summed E-state index contributed by atoms with van der Waals surface area (Å²) in [6.45, 7) is 14.4. The molecular weight excluding hydrogens is 1400 g/mol. The molecule has 27 heteroatoms. The minimum Gasteiger partial charge on any atom is -0.481 e. The molecule has 9 heterocycles. The summed E-state index contributed by atoms with van der Waals surface area (Å²) in [4.78, 5) is 83.2. The Morgan fingerprint density at radius 3 is 1.44 bits per heavy atom. The summed E-state index contributed by atoms with van der Waals surface area (Å²) < 4.78 is 56.9. The number of pyridine rings is 1. The van der Waals surface area contributed by atoms with Crippen molar-refractivity contribution in [1.29, 1.82) is 5.26 Å². The number of thiocarbonyl (C=S) groups is 2. The number of hydrogen-bond donors (Lipinski definition) is 3. The number of thiocyanates is 1. The van der Waals surface area contributed by atoms with Gasteiger partial charge in [0.25, 0.3) is 11.8 Å². The van der Waals surface area contributed by atoms with Crippen LogP contribution >= 0.6 is 48.6 Å². The fourth-order valence-corrected chi connectivity index (χ4v) is 14.7. The van der Waals surface area contributed by atoms with Gasteiger partial charge in [-0.15, -0.1) is 12.4 Å². The Balaban J connectivity index is 0.000000155. The van der Waals surface area contributed by atoms with Gasteiger partial charge in [0.2, 0.25) is 0 Å². The number of carboxylic acid groups (broad SMARTS) is 2. The lowest BCUT2D eigenvalue weighted by atomic mass is 9.97. The molecular formula is C76H78ClF3N10O10S3. The number of carboxylic acids is 2. The topological polar surface area (TPSA) is 238 Å². The maximum absolute atomic E-state index is 13.5. The Bertz CT molecular complexity index is 4760. The standard InChI is InChI=1S/C27H28FN3O3S.C23H20FN3O3S.C18H16FN3O2.C8H13NO2S.ClH/c1-27(2,3)34-24(32)12-13-29-25(33)22-14-20-19-6-4-5-7-21(19)30(23(20)16-31(22)26(29)35)15-17-8-10-18(28)11-9-17;24-15-7-5-14(6-8-15)12-26-18-4-2-1-3-16(18)17-11-19-22(30)25(10-9-21(28)29)23(31)27(19)13-20(17)26;19-12-5-3-11(4-6-12)10-22-16-9-21-15(18(23)24)8-14(16)13-2-1-7-20-17(13)22;1-8(2,3)11-7(10)4-5-12-6-9;/h4-11,22H,12-16H2,1-3H3;1-8,19H,9-13H2,(H,28,29);1-7,15,21H,8-10H2,(H,23,24);4-5H2,1-3H3;1H. The number of aliphatic carboxylic acids is 2. The molecule has 538 valence electrons. The molecule has 20 nitrogen and oxygen atoms in total. The molecule has 103 heavy (non-hydrogen) atoms. The van der Waals surface area contributed by atoms with E-state index in [0.717, 1.165) is 95.1 Å². The average Bonchev–Trinajstić information content (AvgIpc) is 1.59. The Morgan fingerprint density at radius 1 is 0.583 bits per heavy atom. The van der Waals surface area contributed by atoms with E-state index in [1.807, 2.05) is 93.1 Å². The number of nitriles is 1. The number of rotatable bonds is 16. The van der Waals surface area contributed by atoms with E-state index in [0.29, 0.717) is 80.9 Å². The van der Waals surface area contributed by atoms with Crippen LogP contribution in [-0.4, -0.2) is 143 Å². The van der Waals surface area contributed by atoms with E-state index in [9.17, 15) is 47.0 Å². The van der Waals surface area contributed by atoms with Crippen LogP contribution in [0, 0.1) is 28.1 Å². The van der Waals surface area contributed by atoms with Crippen LogP contribution in [0.2, 0.25) is 0 Å². The molecule has 0 bridgehead atoms. The van der Waals surface area contributed by atoms with Crippen molar-refractivity contribution in [2.75, 3.05) is 18.8 Å². The molecule has 3 atom stereocenters. The van der Waals surface area contributed by atoms with Gasteiger partial charge < -0.3 is 43.2 Å². The van der Waals surface area contributed by atoms with Crippen molar-refractivity contribution in [3.63, 3.8) is 0 Å². The van der Waals surface area contributed by atoms with E-state index >= 15 is 0 Å². The first-order valence-electron chi connectivity index (χ1n) is 33.4. The summed E-state index contributed by atoms with van der Waals surface area (Å²) in [6.07, 6.45) is 3.49. The number of fused-ring (bicyclic) bond motifs is 11. The number of carbonyl (C=O) groups excluding carboxylic acids is 4. The number of nitrogens with one attached hydrogen (secondary N) is 1. The van der Waals surface area contributed by atoms with E-state index in [2.05, 4.69) is 48.3 Å². The largest absolute Gasteiger partial charge is 0.481 e. The summed E-state index contributed by atoms with van der Waals surface area (Å²) in [5, 5.41) is 35.5. The number of esters is 2. The van der Waals surface area contributed by atoms with Crippen LogP contribution in [0.3, 0.4) is 0 Å². The highest BCUT2D eigenvalue weighted by molar-refractivity contribution is 8.03. The third-order valence-corrected chi connectivity index (χ3v) is 19.5. The maximum atomic E-state index is 13.5. The van der Waals surface area contributed by atoms with Crippen LogP contribution < -0.4 is 5.32 Å². The summed E-state index contributed by atoms with van der Waals surface area (Å²) in [5.41, 5.74) is 11.5. The lowest BCUT2D eigenvalue weighted by Crippen LogP contribution is -2.42. The van der Waals surface area contributed by atoms with Gasteiger partial charge in [0.05, 0.1) is 32.4 Å². The van der Waals surface area contributed by atoms with Crippen LogP contribution in [0.5, 0.6) is 0 Å². The average molecular weight is 1480 g/mol. The Morgan fingerprint density at radius 2 is 1.00 bits per heavy atom. The number of ether oxygens (including phenoxy) is 2. The van der Waals surface area contributed by atoms with E-state index in [1.165, 1.54) is 41.3 Å². The molecule has 5 aliphatic heterocycles. The number of thioether (sulfide) groups is 1. The maximum Gasteiger partial charge on any atom is 0.321 e. The lowest BCUT2D eigenvalue weighted by Gasteiger charge is -2.30. The molecule has 2 fully saturated rings. The minimum atomic E-state index is -0.958. The molecule has 0 aliphatic carbocycles. The number of nitrogens with zero attached hydrogens (tertiary/aromatic N) is 9. The number of para-hydroxylation sites is 2. The van der Waals surface area contributed by atoms with Crippen LogP contribution in [-0.2, 0) is 96.8 Å². The highest BCUT2D eigenvalue weighted by Gasteiger charge is 2.48. The number of benzene rings is 5. The number of amides is 2. The zero-order valence-corrected chi connectivity index (χ0v) is 60.8. The Labute approximate surface area is 614 Å². The van der Waals surface area contributed by atoms with Gasteiger partial charge in [-0.3, -0.25) is 43.9 Å². The molecule has 5 aromatic carbocycles. The Hall–Kier alpha value is -9.65. The highest BCUT2D eigenvalue weighted by atomic mass is 35.5. The van der Waals surface area contributed by atoms with E-state index in [-0.39, 0.29) is 85.6 Å². The second-order valence-electron chi connectivity index (χ2n) is 27.3. The van der Waals surface area contributed by atoms with Crippen LogP contribution in [0.4, 0.5) is 13.2 Å². The second-order valence-corrected chi connectivity index (χ2v) is 28.9. The zero-order valence-electron chi connectivity index (χ0n) is 57.6. The number of aromatic nitrogens is 4. The third kappa shape index (κ3) is 17.5. The van der Waals surface area contributed by atoms with Gasteiger partial charge >= 0.3 is 23.9 Å². The van der Waals surface area contributed by atoms with Gasteiger partial charge in [-0.1, -0.05) is 72.8 Å². The van der Waals surface area contributed by atoms with Crippen molar-refractivity contribution in [3.05, 3.63) is 208 Å². The summed E-state index contributed by atoms with van der Waals surface area (Å²) in [5.74, 6) is -2.88. The molecule has 0 radical (unpaired) electrons. The first-order valence-corrected chi connectivity index (χ1v) is 35.2. The quantitative estimate of drug-likeness (QED) is 0.0353. The van der Waals surface area contributed by atoms with Gasteiger partial charge in [-0.25, -0.2) is 18.2 Å². The molecule has 3 N–H and O–H groups in total. The monoisotopic (exact) mass is 1480 g/mol. The molecule has 3 unspecified atom stereocenters. The normalized spacial score (nSPS) is 16.6. The highest BCUT2D eigenvalue weighted by Crippen LogP contribution is 2.40. The van der Waals surface area contributed by atoms with Crippen molar-refractivity contribution in [1.82, 2.24) is 43.6 Å². The van der Waals surface area contributed by atoms with Crippen LogP contribution in [0.15, 0.2) is 140 Å². The van der Waals surface area contributed by atoms with Crippen LogP contribution in [0.1, 0.15) is 111 Å². The minimum absolute atomic E-state index is 0. The molecule has 2 amide bonds. The first kappa shape index (κ1) is 76.0. The summed E-state index contributed by atoms with van der Waals surface area (Å²) >= 11 is 12.3. The SMILES string of the molecule is CC(C)(C)OC(=O)CCN1C(=O)C2Cc3c(n(Cc4ccc(F)cc4)c4ccccc34)CN2C1=S.CC(C)(C)OC(=O)CCSC#N.Cl.O=C(O)C1Cc2c(n(Cc3ccc(F)cc3)c3ncccc23)CN1.O=C(O)CCN1C(=O)C2Cc3c(n(Cc4ccc(F)cc4)c4ccccc34)CN2C1=S. The summed E-state index contributed by atoms with van der Waals surface area (Å²) in [6, 6.07) is 38.2. The van der Waals surface area contributed by atoms with E-state index < -0.39 is 35.2 Å². The van der Waals surface area contributed by atoms with Crippen LogP contribution in [0.25, 0.3) is 32.8 Å². The van der Waals surface area contributed by atoms with Gasteiger partial charge in [0, 0.05) is 115 Å². The van der Waals surface area contributed by atoms with Crippen molar-refractivity contribution >= 4 is 127 Å². The van der Waals surface area contributed by atoms with Crippen molar-refractivity contribution in [2.45, 2.75) is 149 Å². The molecule has 9 aromatic rings. The summed E-state index contributed by atoms with van der Waals surface area (Å²) in [7, 11) is 0. The van der Waals surface area contributed by atoms with Gasteiger partial charge in [-0.05, 0) is 172 Å². The molecule has 14 rings (SSSR count). The van der Waals surface area contributed by atoms with Crippen molar-refractivity contribution in [3.8, 4) is 5.40 Å². The number of hydrogen-bond acceptors (Lipinski definition) is 14. The van der Waals surface area contributed by atoms with E-state index in [4.69, 9.17) is 44.3 Å². The van der Waals surface area contributed by atoms with Crippen molar-refractivity contribution < 1.29 is 61.6 Å². The third-order valence-electron chi connectivity index (χ3n) is 18.1. The predicted octanol–water partition coefficient (Wildman–Crippen LogP) is 12.2. The lowest BCUT2D eigenvalue weighted by molar-refractivity contribution is -0.155. The smallest absolute Gasteiger partial charge is 0.321 e. The number of halogens is 4. The molecule has 2 saturated heterocycles. The Kier molecular flexibility index (Phi) is 23.9. The molecule has 4 aromatic heterocycles. The zero-order chi connectivity index (χ0) is 72.9. The molecule has 0 spiro atoms.